The van der Waals surface area contributed by atoms with Crippen LogP contribution in [0.2, 0.25) is 0 Å². The first-order valence-corrected chi connectivity index (χ1v) is 11.9. The number of H-pyrrole nitrogens is 1. The molecule has 0 atom stereocenters. The number of amides is 1. The molecule has 31 heavy (non-hydrogen) atoms. The summed E-state index contributed by atoms with van der Waals surface area (Å²) < 4.78 is 32.9. The van der Waals surface area contributed by atoms with Gasteiger partial charge in [0, 0.05) is 24.7 Å². The second kappa shape index (κ2) is 8.07. The third-order valence-corrected chi connectivity index (χ3v) is 7.93. The van der Waals surface area contributed by atoms with Gasteiger partial charge in [0.1, 0.15) is 5.82 Å². The van der Waals surface area contributed by atoms with Crippen LogP contribution in [0.5, 0.6) is 0 Å². The van der Waals surface area contributed by atoms with Crippen molar-refractivity contribution in [2.75, 3.05) is 31.6 Å². The first-order chi connectivity index (χ1) is 15.0. The minimum Gasteiger partial charge on any atom is -0.379 e. The van der Waals surface area contributed by atoms with E-state index in [4.69, 9.17) is 4.74 Å². The number of nitrogens with one attached hydrogen (secondary N) is 2. The number of benzene rings is 2. The maximum Gasteiger partial charge on any atom is 0.257 e. The van der Waals surface area contributed by atoms with Crippen molar-refractivity contribution in [1.82, 2.24) is 14.3 Å². The summed E-state index contributed by atoms with van der Waals surface area (Å²) in [6, 6.07) is 11.8. The lowest BCUT2D eigenvalue weighted by atomic mass is 9.85. The van der Waals surface area contributed by atoms with Crippen molar-refractivity contribution in [3.8, 4) is 0 Å². The van der Waals surface area contributed by atoms with Gasteiger partial charge in [-0.05, 0) is 43.2 Å². The standard InChI is InChI=1S/C22H24N4O4S/c27-22(17-6-1-2-7-20(17)31(28,29)26-10-12-30-13-11-26)23-16-8-9-18-19(14-16)25-21(24-18)15-4-3-5-15/h1-2,6-9,14-15H,3-5,10-13H2,(H,23,27)(H,24,25). The number of fused-ring (bicyclic) bond motifs is 1. The van der Waals surface area contributed by atoms with Gasteiger partial charge >= 0.3 is 0 Å². The number of rotatable bonds is 5. The summed E-state index contributed by atoms with van der Waals surface area (Å²) in [6.07, 6.45) is 3.53. The van der Waals surface area contributed by atoms with E-state index in [2.05, 4.69) is 15.3 Å². The number of imidazole rings is 1. The highest BCUT2D eigenvalue weighted by molar-refractivity contribution is 7.89. The number of sulfonamides is 1. The van der Waals surface area contributed by atoms with Gasteiger partial charge in [-0.25, -0.2) is 13.4 Å². The van der Waals surface area contributed by atoms with E-state index < -0.39 is 15.9 Å². The molecule has 2 N–H and O–H groups in total. The maximum atomic E-state index is 13.1. The SMILES string of the molecule is O=C(Nc1ccc2nc(C3CCC3)[nH]c2c1)c1ccccc1S(=O)(=O)N1CCOCC1. The van der Waals surface area contributed by atoms with Crippen molar-refractivity contribution in [1.29, 1.82) is 0 Å². The number of anilines is 1. The summed E-state index contributed by atoms with van der Waals surface area (Å²) in [7, 11) is -3.79. The fourth-order valence-corrected chi connectivity index (χ4v) is 5.58. The van der Waals surface area contributed by atoms with Gasteiger partial charge < -0.3 is 15.0 Å². The van der Waals surface area contributed by atoms with Crippen molar-refractivity contribution in [2.45, 2.75) is 30.1 Å². The fraction of sp³-hybridized carbons (Fsp3) is 0.364. The zero-order chi connectivity index (χ0) is 21.4. The Morgan fingerprint density at radius 2 is 1.90 bits per heavy atom. The molecule has 1 amide bonds. The summed E-state index contributed by atoms with van der Waals surface area (Å²) in [5, 5.41) is 2.84. The Morgan fingerprint density at radius 3 is 2.65 bits per heavy atom. The molecule has 2 aliphatic rings. The van der Waals surface area contributed by atoms with Crippen molar-refractivity contribution < 1.29 is 17.9 Å². The van der Waals surface area contributed by atoms with Gasteiger partial charge in [-0.15, -0.1) is 0 Å². The minimum absolute atomic E-state index is 0.00397. The molecule has 0 radical (unpaired) electrons. The number of nitrogens with zero attached hydrogens (tertiary/aromatic N) is 2. The average Bonchev–Trinajstić information content (AvgIpc) is 3.15. The summed E-state index contributed by atoms with van der Waals surface area (Å²) in [6.45, 7) is 1.25. The molecule has 8 nitrogen and oxygen atoms in total. The predicted molar refractivity (Wildman–Crippen MR) is 117 cm³/mol. The molecule has 5 rings (SSSR count). The maximum absolute atomic E-state index is 13.1. The molecular weight excluding hydrogens is 416 g/mol. The Hall–Kier alpha value is -2.75. The number of aromatic amines is 1. The van der Waals surface area contributed by atoms with E-state index in [0.717, 1.165) is 29.7 Å². The summed E-state index contributed by atoms with van der Waals surface area (Å²) in [5.41, 5.74) is 2.41. The van der Waals surface area contributed by atoms with Crippen molar-refractivity contribution in [3.05, 3.63) is 53.9 Å². The summed E-state index contributed by atoms with van der Waals surface area (Å²) in [4.78, 5) is 21.0. The van der Waals surface area contributed by atoms with Gasteiger partial charge in [-0.2, -0.15) is 4.31 Å². The van der Waals surface area contributed by atoms with Gasteiger partial charge in [0.15, 0.2) is 0 Å². The van der Waals surface area contributed by atoms with Gasteiger partial charge in [0.25, 0.3) is 5.91 Å². The molecule has 2 fully saturated rings. The molecule has 9 heteroatoms. The van der Waals surface area contributed by atoms with E-state index in [0.29, 0.717) is 24.8 Å². The molecule has 2 heterocycles. The van der Waals surface area contributed by atoms with Crippen LogP contribution in [-0.4, -0.2) is 54.9 Å². The molecule has 1 aliphatic carbocycles. The molecular formula is C22H24N4O4S. The monoisotopic (exact) mass is 440 g/mol. The molecule has 1 aliphatic heterocycles. The first kappa shape index (κ1) is 20.2. The molecule has 0 bridgehead atoms. The Kier molecular flexibility index (Phi) is 5.25. The number of morpholine rings is 1. The number of hydrogen-bond acceptors (Lipinski definition) is 5. The van der Waals surface area contributed by atoms with Crippen LogP contribution in [0, 0.1) is 0 Å². The van der Waals surface area contributed by atoms with E-state index in [9.17, 15) is 13.2 Å². The van der Waals surface area contributed by atoms with E-state index in [1.165, 1.54) is 22.9 Å². The topological polar surface area (TPSA) is 104 Å². The molecule has 1 saturated heterocycles. The van der Waals surface area contributed by atoms with Gasteiger partial charge in [-0.1, -0.05) is 18.6 Å². The van der Waals surface area contributed by atoms with Gasteiger partial charge in [-0.3, -0.25) is 4.79 Å². The Balaban J connectivity index is 1.40. The van der Waals surface area contributed by atoms with E-state index >= 15 is 0 Å². The zero-order valence-corrected chi connectivity index (χ0v) is 17.8. The third-order valence-electron chi connectivity index (χ3n) is 5.97. The predicted octanol–water partition coefficient (Wildman–Crippen LogP) is 3.10. The number of aromatic nitrogens is 2. The van der Waals surface area contributed by atoms with Gasteiger partial charge in [0.05, 0.1) is 34.7 Å². The van der Waals surface area contributed by atoms with Crippen molar-refractivity contribution in [3.63, 3.8) is 0 Å². The molecule has 162 valence electrons. The highest BCUT2D eigenvalue weighted by atomic mass is 32.2. The Labute approximate surface area is 180 Å². The van der Waals surface area contributed by atoms with Crippen molar-refractivity contribution >= 4 is 32.7 Å². The smallest absolute Gasteiger partial charge is 0.257 e. The number of hydrogen-bond donors (Lipinski definition) is 2. The highest BCUT2D eigenvalue weighted by Crippen LogP contribution is 2.35. The molecule has 1 aromatic heterocycles. The minimum atomic E-state index is -3.79. The van der Waals surface area contributed by atoms with Crippen LogP contribution < -0.4 is 5.32 Å². The molecule has 3 aromatic rings. The third kappa shape index (κ3) is 3.84. The number of carbonyl (C=O) groups is 1. The van der Waals surface area contributed by atoms with E-state index in [1.807, 2.05) is 12.1 Å². The second-order valence-corrected chi connectivity index (χ2v) is 9.85. The quantitative estimate of drug-likeness (QED) is 0.634. The summed E-state index contributed by atoms with van der Waals surface area (Å²) in [5.74, 6) is 1.01. The first-order valence-electron chi connectivity index (χ1n) is 10.5. The lowest BCUT2D eigenvalue weighted by molar-refractivity contribution is 0.0730. The zero-order valence-electron chi connectivity index (χ0n) is 17.0. The Morgan fingerprint density at radius 1 is 1.13 bits per heavy atom. The van der Waals surface area contributed by atoms with Crippen LogP contribution >= 0.6 is 0 Å². The highest BCUT2D eigenvalue weighted by Gasteiger charge is 2.30. The van der Waals surface area contributed by atoms with Crippen LogP contribution in [-0.2, 0) is 14.8 Å². The normalized spacial score (nSPS) is 18.1. The lowest BCUT2D eigenvalue weighted by Gasteiger charge is -2.26. The van der Waals surface area contributed by atoms with E-state index in [-0.39, 0.29) is 23.5 Å². The second-order valence-electron chi connectivity index (χ2n) is 7.95. The van der Waals surface area contributed by atoms with Crippen molar-refractivity contribution in [2.24, 2.45) is 0 Å². The number of carbonyl (C=O) groups excluding carboxylic acids is 1. The van der Waals surface area contributed by atoms with Gasteiger partial charge in [0.2, 0.25) is 10.0 Å². The molecule has 2 aromatic carbocycles. The largest absolute Gasteiger partial charge is 0.379 e. The van der Waals surface area contributed by atoms with Crippen LogP contribution in [0.15, 0.2) is 47.4 Å². The molecule has 1 saturated carbocycles. The van der Waals surface area contributed by atoms with Crippen LogP contribution in [0.4, 0.5) is 5.69 Å². The summed E-state index contributed by atoms with van der Waals surface area (Å²) >= 11 is 0. The number of ether oxygens (including phenoxy) is 1. The molecule has 0 unspecified atom stereocenters. The lowest BCUT2D eigenvalue weighted by Crippen LogP contribution is -2.41. The average molecular weight is 441 g/mol. The van der Waals surface area contributed by atoms with Crippen LogP contribution in [0.25, 0.3) is 11.0 Å². The fourth-order valence-electron chi connectivity index (χ4n) is 3.99. The molecule has 0 spiro atoms. The van der Waals surface area contributed by atoms with Crippen LogP contribution in [0.3, 0.4) is 0 Å². The van der Waals surface area contributed by atoms with E-state index in [1.54, 1.807) is 18.2 Å². The van der Waals surface area contributed by atoms with Crippen LogP contribution in [0.1, 0.15) is 41.4 Å². The Bertz CT molecular complexity index is 1230.